The molecule has 0 aromatic heterocycles. The van der Waals surface area contributed by atoms with Crippen molar-refractivity contribution in [2.24, 2.45) is 0 Å². The fourth-order valence-electron chi connectivity index (χ4n) is 2.49. The first-order chi connectivity index (χ1) is 9.63. The van der Waals surface area contributed by atoms with Gasteiger partial charge in [-0.1, -0.05) is 0 Å². The molecule has 110 valence electrons. The molecule has 0 amide bonds. The lowest BCUT2D eigenvalue weighted by Gasteiger charge is -2.33. The summed E-state index contributed by atoms with van der Waals surface area (Å²) in [6, 6.07) is 5.76. The summed E-state index contributed by atoms with van der Waals surface area (Å²) < 4.78 is 10.3. The Labute approximate surface area is 119 Å². The maximum Gasteiger partial charge on any atom is 0.338 e. The molecule has 1 aromatic carbocycles. The summed E-state index contributed by atoms with van der Waals surface area (Å²) in [4.78, 5) is 13.8. The molecule has 5 heteroatoms. The van der Waals surface area contributed by atoms with Crippen LogP contribution in [-0.4, -0.2) is 38.9 Å². The second-order valence-corrected chi connectivity index (χ2v) is 4.95. The zero-order valence-corrected chi connectivity index (χ0v) is 12.1. The Morgan fingerprint density at radius 2 is 2.15 bits per heavy atom. The molecular formula is C15H22N2O3. The average molecular weight is 278 g/mol. The van der Waals surface area contributed by atoms with E-state index in [0.717, 1.165) is 31.7 Å². The number of esters is 1. The first kappa shape index (κ1) is 14.7. The highest BCUT2D eigenvalue weighted by atomic mass is 16.5. The van der Waals surface area contributed by atoms with E-state index in [2.05, 4.69) is 4.90 Å². The van der Waals surface area contributed by atoms with Gasteiger partial charge in [0.2, 0.25) is 0 Å². The van der Waals surface area contributed by atoms with Gasteiger partial charge in [-0.15, -0.1) is 0 Å². The van der Waals surface area contributed by atoms with Crippen LogP contribution in [0.25, 0.3) is 0 Å². The van der Waals surface area contributed by atoms with Gasteiger partial charge in [-0.25, -0.2) is 4.79 Å². The Balaban J connectivity index is 2.14. The van der Waals surface area contributed by atoms with Crippen LogP contribution in [0.2, 0.25) is 0 Å². The van der Waals surface area contributed by atoms with Crippen LogP contribution in [0, 0.1) is 0 Å². The third-order valence-corrected chi connectivity index (χ3v) is 3.66. The van der Waals surface area contributed by atoms with Gasteiger partial charge in [0.1, 0.15) is 0 Å². The van der Waals surface area contributed by atoms with Crippen LogP contribution >= 0.6 is 0 Å². The van der Waals surface area contributed by atoms with Crippen molar-refractivity contribution >= 4 is 17.3 Å². The topological polar surface area (TPSA) is 64.8 Å². The number of nitrogens with two attached hydrogens (primary N) is 1. The van der Waals surface area contributed by atoms with Crippen LogP contribution in [0.15, 0.2) is 18.2 Å². The SMILES string of the molecule is CCOC(=O)c1ccc(N(C)C2CCOCC2)c(N)c1. The van der Waals surface area contributed by atoms with E-state index in [1.807, 2.05) is 13.1 Å². The quantitative estimate of drug-likeness (QED) is 0.674. The van der Waals surface area contributed by atoms with Crippen molar-refractivity contribution in [3.8, 4) is 0 Å². The lowest BCUT2D eigenvalue weighted by Crippen LogP contribution is -2.37. The summed E-state index contributed by atoms with van der Waals surface area (Å²) in [5.41, 5.74) is 8.13. The van der Waals surface area contributed by atoms with E-state index in [-0.39, 0.29) is 5.97 Å². The monoisotopic (exact) mass is 278 g/mol. The van der Waals surface area contributed by atoms with E-state index in [4.69, 9.17) is 15.2 Å². The molecule has 0 bridgehead atoms. The van der Waals surface area contributed by atoms with Crippen molar-refractivity contribution < 1.29 is 14.3 Å². The second kappa shape index (κ2) is 6.61. The first-order valence-corrected chi connectivity index (χ1v) is 7.00. The van der Waals surface area contributed by atoms with Gasteiger partial charge in [-0.3, -0.25) is 0 Å². The van der Waals surface area contributed by atoms with Crippen LogP contribution in [0.5, 0.6) is 0 Å². The predicted molar refractivity (Wildman–Crippen MR) is 79.1 cm³/mol. The summed E-state index contributed by atoms with van der Waals surface area (Å²) in [6.45, 7) is 3.72. The molecule has 0 radical (unpaired) electrons. The van der Waals surface area contributed by atoms with Crippen molar-refractivity contribution in [2.75, 3.05) is 37.5 Å². The number of carbonyl (C=O) groups is 1. The first-order valence-electron chi connectivity index (χ1n) is 7.00. The van der Waals surface area contributed by atoms with Crippen LogP contribution in [0.3, 0.4) is 0 Å². The largest absolute Gasteiger partial charge is 0.462 e. The predicted octanol–water partition coefficient (Wildman–Crippen LogP) is 2.06. The van der Waals surface area contributed by atoms with Crippen LogP contribution in [0.1, 0.15) is 30.1 Å². The molecule has 1 aliphatic rings. The molecule has 2 N–H and O–H groups in total. The van der Waals surface area contributed by atoms with Gasteiger partial charge < -0.3 is 20.1 Å². The standard InChI is InChI=1S/C15H22N2O3/c1-3-20-15(18)11-4-5-14(13(16)10-11)17(2)12-6-8-19-9-7-12/h4-5,10,12H,3,6-9,16H2,1-2H3. The normalized spacial score (nSPS) is 15.9. The summed E-state index contributed by atoms with van der Waals surface area (Å²) >= 11 is 0. The molecule has 0 atom stereocenters. The third kappa shape index (κ3) is 3.22. The summed E-state index contributed by atoms with van der Waals surface area (Å²) in [5, 5.41) is 0. The van der Waals surface area contributed by atoms with Gasteiger partial charge in [-0.05, 0) is 38.0 Å². The highest BCUT2D eigenvalue weighted by Crippen LogP contribution is 2.28. The van der Waals surface area contributed by atoms with Crippen molar-refractivity contribution in [3.05, 3.63) is 23.8 Å². The average Bonchev–Trinajstić information content (AvgIpc) is 2.47. The summed E-state index contributed by atoms with van der Waals surface area (Å²) in [7, 11) is 2.03. The van der Waals surface area contributed by atoms with Gasteiger partial charge in [0, 0.05) is 26.3 Å². The lowest BCUT2D eigenvalue weighted by atomic mass is 10.1. The van der Waals surface area contributed by atoms with Crippen molar-refractivity contribution in [1.82, 2.24) is 0 Å². The van der Waals surface area contributed by atoms with E-state index in [1.54, 1.807) is 19.1 Å². The maximum absolute atomic E-state index is 11.7. The fraction of sp³-hybridized carbons (Fsp3) is 0.533. The minimum atomic E-state index is -0.334. The number of ether oxygens (including phenoxy) is 2. The maximum atomic E-state index is 11.7. The number of nitrogens with zero attached hydrogens (tertiary/aromatic N) is 1. The van der Waals surface area contributed by atoms with E-state index in [9.17, 15) is 4.79 Å². The summed E-state index contributed by atoms with van der Waals surface area (Å²) in [5.74, 6) is -0.334. The van der Waals surface area contributed by atoms with E-state index in [1.165, 1.54) is 0 Å². The fourth-order valence-corrected chi connectivity index (χ4v) is 2.49. The highest BCUT2D eigenvalue weighted by Gasteiger charge is 2.20. The molecule has 1 fully saturated rings. The number of hydrogen-bond donors (Lipinski definition) is 1. The molecule has 0 unspecified atom stereocenters. The van der Waals surface area contributed by atoms with Gasteiger partial charge in [0.15, 0.2) is 0 Å². The van der Waals surface area contributed by atoms with Crippen molar-refractivity contribution in [2.45, 2.75) is 25.8 Å². The number of carbonyl (C=O) groups excluding carboxylic acids is 1. The molecular weight excluding hydrogens is 256 g/mol. The Kier molecular flexibility index (Phi) is 4.84. The highest BCUT2D eigenvalue weighted by molar-refractivity contribution is 5.92. The molecule has 0 saturated carbocycles. The number of anilines is 2. The van der Waals surface area contributed by atoms with Crippen LogP contribution in [0.4, 0.5) is 11.4 Å². The zero-order chi connectivity index (χ0) is 14.5. The smallest absolute Gasteiger partial charge is 0.338 e. The molecule has 1 saturated heterocycles. The molecule has 1 aromatic rings. The minimum absolute atomic E-state index is 0.334. The van der Waals surface area contributed by atoms with E-state index in [0.29, 0.717) is 23.9 Å². The van der Waals surface area contributed by atoms with Gasteiger partial charge in [0.25, 0.3) is 0 Å². The Morgan fingerprint density at radius 1 is 1.45 bits per heavy atom. The Morgan fingerprint density at radius 3 is 2.75 bits per heavy atom. The summed E-state index contributed by atoms with van der Waals surface area (Å²) in [6.07, 6.45) is 1.99. The molecule has 1 heterocycles. The van der Waals surface area contributed by atoms with E-state index >= 15 is 0 Å². The number of hydrogen-bond acceptors (Lipinski definition) is 5. The Bertz CT molecular complexity index is 470. The molecule has 0 aliphatic carbocycles. The van der Waals surface area contributed by atoms with Gasteiger partial charge >= 0.3 is 5.97 Å². The minimum Gasteiger partial charge on any atom is -0.462 e. The van der Waals surface area contributed by atoms with E-state index < -0.39 is 0 Å². The van der Waals surface area contributed by atoms with Crippen LogP contribution < -0.4 is 10.6 Å². The van der Waals surface area contributed by atoms with Crippen molar-refractivity contribution in [3.63, 3.8) is 0 Å². The van der Waals surface area contributed by atoms with Crippen LogP contribution in [-0.2, 0) is 9.47 Å². The molecule has 2 rings (SSSR count). The molecule has 0 spiro atoms. The molecule has 5 nitrogen and oxygen atoms in total. The third-order valence-electron chi connectivity index (χ3n) is 3.66. The molecule has 1 aliphatic heterocycles. The zero-order valence-electron chi connectivity index (χ0n) is 12.1. The van der Waals surface area contributed by atoms with Gasteiger partial charge in [0.05, 0.1) is 23.5 Å². The number of nitrogen functional groups attached to an aromatic ring is 1. The molecule has 20 heavy (non-hydrogen) atoms. The van der Waals surface area contributed by atoms with Gasteiger partial charge in [-0.2, -0.15) is 0 Å². The number of benzene rings is 1. The van der Waals surface area contributed by atoms with Crippen molar-refractivity contribution in [1.29, 1.82) is 0 Å². The lowest BCUT2D eigenvalue weighted by molar-refractivity contribution is 0.0526. The second-order valence-electron chi connectivity index (χ2n) is 4.95. The number of rotatable bonds is 4. The Hall–Kier alpha value is -1.75.